The normalized spacial score (nSPS) is 29.0. The Kier molecular flexibility index (Phi) is 6.67. The zero-order valence-electron chi connectivity index (χ0n) is 17.6. The van der Waals surface area contributed by atoms with Gasteiger partial charge >= 0.3 is 0 Å². The van der Waals surface area contributed by atoms with Gasteiger partial charge in [0, 0.05) is 13.1 Å². The molecule has 0 unspecified atom stereocenters. The minimum absolute atomic E-state index is 0.0604. The molecule has 0 aromatic heterocycles. The van der Waals surface area contributed by atoms with Crippen LogP contribution in [0.15, 0.2) is 29.4 Å². The first-order valence-corrected chi connectivity index (χ1v) is 11.3. The third-order valence-corrected chi connectivity index (χ3v) is 7.02. The maximum absolute atomic E-state index is 13.4. The number of carbonyl (C=O) groups is 2. The summed E-state index contributed by atoms with van der Waals surface area (Å²) >= 11 is 0. The minimum Gasteiger partial charge on any atom is -0.350 e. The highest BCUT2D eigenvalue weighted by Gasteiger charge is 2.43. The summed E-state index contributed by atoms with van der Waals surface area (Å²) in [4.78, 5) is 28.2. The molecule has 0 bridgehead atoms. The van der Waals surface area contributed by atoms with E-state index in [4.69, 9.17) is 5.84 Å². The highest BCUT2D eigenvalue weighted by atomic mass is 16.2. The monoisotopic (exact) mass is 411 g/mol. The molecule has 3 aliphatic rings. The second-order valence-corrected chi connectivity index (χ2v) is 8.86. The Morgan fingerprint density at radius 3 is 2.93 bits per heavy atom. The Labute approximate surface area is 178 Å². The van der Waals surface area contributed by atoms with E-state index in [1.54, 1.807) is 6.21 Å². The predicted molar refractivity (Wildman–Crippen MR) is 117 cm³/mol. The van der Waals surface area contributed by atoms with Crippen LogP contribution >= 0.6 is 0 Å². The molecule has 0 spiro atoms. The van der Waals surface area contributed by atoms with E-state index in [1.807, 2.05) is 29.2 Å². The number of nitrogens with zero attached hydrogens (tertiary/aromatic N) is 2. The first kappa shape index (κ1) is 20.8. The van der Waals surface area contributed by atoms with Crippen LogP contribution in [0.1, 0.15) is 56.1 Å². The summed E-state index contributed by atoms with van der Waals surface area (Å²) in [7, 11) is 0. The van der Waals surface area contributed by atoms with E-state index >= 15 is 0 Å². The van der Waals surface area contributed by atoms with Crippen LogP contribution in [0.3, 0.4) is 0 Å². The SMILES string of the molecule is NN=Cc1cccc(CNC(=O)[C@@H]2CCCN2C(=O)[C@@H]2NCC[C@@H]3CCCC[C@@H]32)c1. The van der Waals surface area contributed by atoms with E-state index in [0.29, 0.717) is 24.9 Å². The van der Waals surface area contributed by atoms with Crippen molar-refractivity contribution >= 4 is 18.0 Å². The number of piperidine rings is 1. The highest BCUT2D eigenvalue weighted by molar-refractivity contribution is 5.90. The van der Waals surface area contributed by atoms with Gasteiger partial charge in [0.1, 0.15) is 6.04 Å². The number of rotatable bonds is 5. The first-order valence-electron chi connectivity index (χ1n) is 11.3. The molecule has 7 heteroatoms. The fourth-order valence-corrected chi connectivity index (χ4v) is 5.54. The summed E-state index contributed by atoms with van der Waals surface area (Å²) in [5.74, 6) is 6.38. The molecule has 7 nitrogen and oxygen atoms in total. The van der Waals surface area contributed by atoms with Crippen LogP contribution in [0.2, 0.25) is 0 Å². The lowest BCUT2D eigenvalue weighted by Gasteiger charge is -2.43. The fraction of sp³-hybridized carbons (Fsp3) is 0.609. The van der Waals surface area contributed by atoms with Crippen molar-refractivity contribution in [3.05, 3.63) is 35.4 Å². The minimum atomic E-state index is -0.364. The lowest BCUT2D eigenvalue weighted by molar-refractivity contribution is -0.142. The number of hydrazone groups is 1. The van der Waals surface area contributed by atoms with Crippen molar-refractivity contribution in [2.45, 2.75) is 63.6 Å². The topological polar surface area (TPSA) is 99.8 Å². The third-order valence-electron chi connectivity index (χ3n) is 7.02. The number of fused-ring (bicyclic) bond motifs is 1. The molecular weight excluding hydrogens is 378 g/mol. The van der Waals surface area contributed by atoms with Crippen molar-refractivity contribution in [3.8, 4) is 0 Å². The molecule has 4 atom stereocenters. The number of nitrogens with two attached hydrogens (primary N) is 1. The summed E-state index contributed by atoms with van der Waals surface area (Å²) in [6.45, 7) is 2.01. The number of nitrogens with one attached hydrogen (secondary N) is 2. The molecule has 0 radical (unpaired) electrons. The van der Waals surface area contributed by atoms with Crippen molar-refractivity contribution in [2.75, 3.05) is 13.1 Å². The Morgan fingerprint density at radius 2 is 2.07 bits per heavy atom. The lowest BCUT2D eigenvalue weighted by Crippen LogP contribution is -2.58. The number of hydrogen-bond acceptors (Lipinski definition) is 5. The van der Waals surface area contributed by atoms with E-state index < -0.39 is 0 Å². The van der Waals surface area contributed by atoms with E-state index in [0.717, 1.165) is 36.9 Å². The zero-order valence-corrected chi connectivity index (χ0v) is 17.6. The van der Waals surface area contributed by atoms with Gasteiger partial charge in [-0.05, 0) is 61.3 Å². The van der Waals surface area contributed by atoms with Crippen LogP contribution < -0.4 is 16.5 Å². The molecule has 2 saturated heterocycles. The molecule has 4 rings (SSSR count). The van der Waals surface area contributed by atoms with E-state index in [9.17, 15) is 9.59 Å². The van der Waals surface area contributed by atoms with E-state index in [1.165, 1.54) is 25.7 Å². The fourth-order valence-electron chi connectivity index (χ4n) is 5.54. The van der Waals surface area contributed by atoms with Gasteiger partial charge in [-0.1, -0.05) is 37.5 Å². The van der Waals surface area contributed by atoms with Gasteiger partial charge in [0.25, 0.3) is 0 Å². The summed E-state index contributed by atoms with van der Waals surface area (Å²) in [6, 6.07) is 7.25. The van der Waals surface area contributed by atoms with Crippen LogP contribution in [0.25, 0.3) is 0 Å². The summed E-state index contributed by atoms with van der Waals surface area (Å²) in [5, 5.41) is 10.1. The summed E-state index contributed by atoms with van der Waals surface area (Å²) in [6.07, 6.45) is 9.24. The van der Waals surface area contributed by atoms with Crippen LogP contribution in [-0.4, -0.2) is 48.1 Å². The maximum atomic E-state index is 13.4. The van der Waals surface area contributed by atoms with E-state index in [-0.39, 0.29) is 23.9 Å². The molecule has 162 valence electrons. The molecule has 3 fully saturated rings. The van der Waals surface area contributed by atoms with E-state index in [2.05, 4.69) is 15.7 Å². The molecular formula is C23H33N5O2. The van der Waals surface area contributed by atoms with Gasteiger partial charge in [-0.2, -0.15) is 5.10 Å². The average molecular weight is 412 g/mol. The molecule has 1 aromatic rings. The van der Waals surface area contributed by atoms with Crippen LogP contribution in [-0.2, 0) is 16.1 Å². The van der Waals surface area contributed by atoms with Crippen molar-refractivity contribution in [1.82, 2.24) is 15.5 Å². The summed E-state index contributed by atoms with van der Waals surface area (Å²) in [5.41, 5.74) is 1.88. The highest BCUT2D eigenvalue weighted by Crippen LogP contribution is 2.37. The van der Waals surface area contributed by atoms with Gasteiger partial charge in [-0.3, -0.25) is 9.59 Å². The first-order chi connectivity index (χ1) is 14.7. The molecule has 1 saturated carbocycles. The van der Waals surface area contributed by atoms with Gasteiger partial charge < -0.3 is 21.4 Å². The quantitative estimate of drug-likeness (QED) is 0.390. The second kappa shape index (κ2) is 9.60. The predicted octanol–water partition coefficient (Wildman–Crippen LogP) is 1.75. The molecule has 2 heterocycles. The van der Waals surface area contributed by atoms with Gasteiger partial charge in [-0.15, -0.1) is 0 Å². The Morgan fingerprint density at radius 1 is 1.20 bits per heavy atom. The lowest BCUT2D eigenvalue weighted by atomic mass is 9.71. The Bertz CT molecular complexity index is 794. The van der Waals surface area contributed by atoms with Gasteiger partial charge in [-0.25, -0.2) is 0 Å². The molecule has 4 N–H and O–H groups in total. The van der Waals surface area contributed by atoms with Gasteiger partial charge in [0.05, 0.1) is 12.3 Å². The number of carbonyl (C=O) groups excluding carboxylic acids is 2. The average Bonchev–Trinajstić information content (AvgIpc) is 3.27. The van der Waals surface area contributed by atoms with Crippen LogP contribution in [0, 0.1) is 11.8 Å². The Balaban J connectivity index is 1.38. The van der Waals surface area contributed by atoms with Crippen molar-refractivity contribution in [2.24, 2.45) is 22.8 Å². The number of benzene rings is 1. The summed E-state index contributed by atoms with van der Waals surface area (Å²) < 4.78 is 0. The number of likely N-dealkylation sites (tertiary alicyclic amines) is 1. The van der Waals surface area contributed by atoms with Crippen molar-refractivity contribution < 1.29 is 9.59 Å². The molecule has 2 aliphatic heterocycles. The second-order valence-electron chi connectivity index (χ2n) is 8.86. The molecule has 1 aliphatic carbocycles. The van der Waals surface area contributed by atoms with Gasteiger partial charge in [0.15, 0.2) is 0 Å². The van der Waals surface area contributed by atoms with Crippen LogP contribution in [0.4, 0.5) is 0 Å². The molecule has 30 heavy (non-hydrogen) atoms. The largest absolute Gasteiger partial charge is 0.350 e. The van der Waals surface area contributed by atoms with Gasteiger partial charge in [0.2, 0.25) is 11.8 Å². The van der Waals surface area contributed by atoms with Crippen molar-refractivity contribution in [1.29, 1.82) is 0 Å². The number of amides is 2. The number of hydrogen-bond donors (Lipinski definition) is 3. The van der Waals surface area contributed by atoms with Crippen LogP contribution in [0.5, 0.6) is 0 Å². The molecule has 1 aromatic carbocycles. The Hall–Kier alpha value is -2.41. The maximum Gasteiger partial charge on any atom is 0.243 e. The zero-order chi connectivity index (χ0) is 20.9. The smallest absolute Gasteiger partial charge is 0.243 e. The third kappa shape index (κ3) is 4.51. The van der Waals surface area contributed by atoms with Crippen molar-refractivity contribution in [3.63, 3.8) is 0 Å². The standard InChI is InChI=1S/C23H33N5O2/c24-27-15-17-6-3-5-16(13-17)14-26-22(29)20-9-4-12-28(20)23(30)21-19-8-2-1-7-18(19)10-11-25-21/h3,5-6,13,15,18-21,25H,1-2,4,7-12,14,24H2,(H,26,29)/t18-,19-,20-,21+/m0/s1. The molecule has 2 amide bonds.